The number of allylic oxidation sites excluding steroid dienone is 2. The molecule has 1 unspecified atom stereocenters. The standard InChI is InChI=1S/C21H24O4/c1-16(4-2-5-17-8-10-23-14-17)12-20-13-19(21(22)25-20)7-3-6-18-9-11-24-15-18/h7-12,14-15,20H,2-6,13H2,1H3. The van der Waals surface area contributed by atoms with Crippen molar-refractivity contribution in [1.82, 2.24) is 0 Å². The molecule has 0 spiro atoms. The van der Waals surface area contributed by atoms with Gasteiger partial charge in [-0.1, -0.05) is 11.6 Å². The van der Waals surface area contributed by atoms with E-state index >= 15 is 0 Å². The molecule has 4 heteroatoms. The summed E-state index contributed by atoms with van der Waals surface area (Å²) in [5.74, 6) is -0.181. The lowest BCUT2D eigenvalue weighted by Crippen LogP contribution is -2.03. The van der Waals surface area contributed by atoms with Crippen molar-refractivity contribution >= 4 is 5.97 Å². The van der Waals surface area contributed by atoms with Gasteiger partial charge in [0.15, 0.2) is 0 Å². The molecule has 1 aliphatic heterocycles. The van der Waals surface area contributed by atoms with Crippen molar-refractivity contribution in [3.63, 3.8) is 0 Å². The van der Waals surface area contributed by atoms with E-state index in [0.717, 1.165) is 43.2 Å². The number of hydrogen-bond acceptors (Lipinski definition) is 4. The quantitative estimate of drug-likeness (QED) is 0.385. The van der Waals surface area contributed by atoms with Crippen LogP contribution in [-0.4, -0.2) is 12.1 Å². The molecular formula is C21H24O4. The number of furan rings is 2. The van der Waals surface area contributed by atoms with Gasteiger partial charge in [0.25, 0.3) is 0 Å². The van der Waals surface area contributed by atoms with E-state index < -0.39 is 0 Å². The summed E-state index contributed by atoms with van der Waals surface area (Å²) in [5.41, 5.74) is 4.42. The van der Waals surface area contributed by atoms with Crippen LogP contribution in [0.4, 0.5) is 0 Å². The number of aryl methyl sites for hydroxylation is 2. The van der Waals surface area contributed by atoms with Gasteiger partial charge in [-0.25, -0.2) is 4.79 Å². The zero-order valence-electron chi connectivity index (χ0n) is 14.6. The molecule has 0 aromatic carbocycles. The predicted octanol–water partition coefficient (Wildman–Crippen LogP) is 5.02. The first-order chi connectivity index (χ1) is 12.2. The third-order valence-electron chi connectivity index (χ3n) is 4.43. The number of hydrogen-bond donors (Lipinski definition) is 0. The largest absolute Gasteiger partial charge is 0.472 e. The molecule has 3 rings (SSSR count). The van der Waals surface area contributed by atoms with Crippen LogP contribution >= 0.6 is 0 Å². The molecule has 1 aliphatic rings. The molecule has 1 saturated heterocycles. The van der Waals surface area contributed by atoms with Gasteiger partial charge in [0.2, 0.25) is 0 Å². The average molecular weight is 340 g/mol. The van der Waals surface area contributed by atoms with E-state index in [-0.39, 0.29) is 12.1 Å². The summed E-state index contributed by atoms with van der Waals surface area (Å²) in [5, 5.41) is 0. The van der Waals surface area contributed by atoms with Gasteiger partial charge in [0.1, 0.15) is 6.10 Å². The van der Waals surface area contributed by atoms with Gasteiger partial charge in [-0.15, -0.1) is 0 Å². The first-order valence-corrected chi connectivity index (χ1v) is 8.80. The zero-order valence-corrected chi connectivity index (χ0v) is 14.6. The highest BCUT2D eigenvalue weighted by atomic mass is 16.5. The van der Waals surface area contributed by atoms with E-state index in [4.69, 9.17) is 13.6 Å². The molecule has 0 amide bonds. The highest BCUT2D eigenvalue weighted by Gasteiger charge is 2.26. The molecule has 3 heterocycles. The van der Waals surface area contributed by atoms with E-state index in [9.17, 15) is 4.79 Å². The summed E-state index contributed by atoms with van der Waals surface area (Å²) < 4.78 is 15.6. The van der Waals surface area contributed by atoms with Crippen LogP contribution in [0.3, 0.4) is 0 Å². The van der Waals surface area contributed by atoms with Crippen molar-refractivity contribution in [2.24, 2.45) is 0 Å². The number of rotatable bonds is 8. The molecular weight excluding hydrogens is 316 g/mol. The van der Waals surface area contributed by atoms with Gasteiger partial charge in [-0.3, -0.25) is 0 Å². The van der Waals surface area contributed by atoms with Gasteiger partial charge in [-0.05, 0) is 68.4 Å². The number of carbonyl (C=O) groups excluding carboxylic acids is 1. The Morgan fingerprint density at radius 2 is 1.88 bits per heavy atom. The van der Waals surface area contributed by atoms with Crippen LogP contribution in [0.5, 0.6) is 0 Å². The van der Waals surface area contributed by atoms with Crippen molar-refractivity contribution in [2.75, 3.05) is 0 Å². The molecule has 0 bridgehead atoms. The van der Waals surface area contributed by atoms with E-state index in [0.29, 0.717) is 6.42 Å². The Morgan fingerprint density at radius 1 is 1.16 bits per heavy atom. The molecule has 132 valence electrons. The number of cyclic esters (lactones) is 1. The van der Waals surface area contributed by atoms with Gasteiger partial charge < -0.3 is 13.6 Å². The van der Waals surface area contributed by atoms with Gasteiger partial charge in [0.05, 0.1) is 25.1 Å². The first-order valence-electron chi connectivity index (χ1n) is 8.80. The van der Waals surface area contributed by atoms with E-state index in [2.05, 4.69) is 13.0 Å². The van der Waals surface area contributed by atoms with Crippen LogP contribution in [0, 0.1) is 0 Å². The molecule has 0 aliphatic carbocycles. The summed E-state index contributed by atoms with van der Waals surface area (Å²) in [6.07, 6.45) is 16.3. The summed E-state index contributed by atoms with van der Waals surface area (Å²) in [7, 11) is 0. The van der Waals surface area contributed by atoms with E-state index in [1.54, 1.807) is 25.1 Å². The van der Waals surface area contributed by atoms with Crippen LogP contribution in [-0.2, 0) is 22.4 Å². The van der Waals surface area contributed by atoms with Gasteiger partial charge in [0, 0.05) is 12.0 Å². The van der Waals surface area contributed by atoms with Crippen molar-refractivity contribution in [3.8, 4) is 0 Å². The Hall–Kier alpha value is -2.49. The Morgan fingerprint density at radius 3 is 2.56 bits per heavy atom. The SMILES string of the molecule is CC(=CC1CC(=CCCc2ccoc2)C(=O)O1)CCCc1ccoc1. The average Bonchev–Trinajstić information content (AvgIpc) is 3.31. The fourth-order valence-corrected chi connectivity index (χ4v) is 3.07. The lowest BCUT2D eigenvalue weighted by Gasteiger charge is -2.05. The lowest BCUT2D eigenvalue weighted by molar-refractivity contribution is -0.137. The van der Waals surface area contributed by atoms with E-state index in [1.807, 2.05) is 18.2 Å². The molecule has 0 radical (unpaired) electrons. The van der Waals surface area contributed by atoms with Crippen molar-refractivity contribution in [1.29, 1.82) is 0 Å². The number of esters is 1. The predicted molar refractivity (Wildman–Crippen MR) is 95.0 cm³/mol. The Kier molecular flexibility index (Phi) is 5.94. The Balaban J connectivity index is 1.44. The molecule has 2 aromatic rings. The fraction of sp³-hybridized carbons (Fsp3) is 0.381. The third kappa shape index (κ3) is 5.24. The highest BCUT2D eigenvalue weighted by molar-refractivity contribution is 5.90. The lowest BCUT2D eigenvalue weighted by atomic mass is 10.0. The molecule has 4 nitrogen and oxygen atoms in total. The summed E-state index contributed by atoms with van der Waals surface area (Å²) in [6.45, 7) is 2.10. The minimum atomic E-state index is -0.181. The summed E-state index contributed by atoms with van der Waals surface area (Å²) >= 11 is 0. The zero-order chi connectivity index (χ0) is 17.5. The smallest absolute Gasteiger partial charge is 0.334 e. The highest BCUT2D eigenvalue weighted by Crippen LogP contribution is 2.24. The maximum atomic E-state index is 12.0. The van der Waals surface area contributed by atoms with Gasteiger partial charge >= 0.3 is 5.97 Å². The second-order valence-electron chi connectivity index (χ2n) is 6.55. The fourth-order valence-electron chi connectivity index (χ4n) is 3.07. The first kappa shape index (κ1) is 17.3. The maximum Gasteiger partial charge on any atom is 0.334 e. The second kappa shape index (κ2) is 8.56. The monoisotopic (exact) mass is 340 g/mol. The number of carbonyl (C=O) groups is 1. The number of ether oxygens (including phenoxy) is 1. The molecule has 0 N–H and O–H groups in total. The van der Waals surface area contributed by atoms with E-state index in [1.165, 1.54) is 11.1 Å². The van der Waals surface area contributed by atoms with Gasteiger partial charge in [-0.2, -0.15) is 0 Å². The third-order valence-corrected chi connectivity index (χ3v) is 4.43. The molecule has 25 heavy (non-hydrogen) atoms. The molecule has 2 aromatic heterocycles. The van der Waals surface area contributed by atoms with Crippen LogP contribution < -0.4 is 0 Å². The summed E-state index contributed by atoms with van der Waals surface area (Å²) in [4.78, 5) is 12.0. The van der Waals surface area contributed by atoms with Crippen molar-refractivity contribution in [3.05, 3.63) is 71.6 Å². The van der Waals surface area contributed by atoms with Crippen LogP contribution in [0.2, 0.25) is 0 Å². The maximum absolute atomic E-state index is 12.0. The Labute approximate surface area is 148 Å². The minimum absolute atomic E-state index is 0.124. The molecule has 1 atom stereocenters. The summed E-state index contributed by atoms with van der Waals surface area (Å²) in [6, 6.07) is 3.95. The van der Waals surface area contributed by atoms with Crippen LogP contribution in [0.25, 0.3) is 0 Å². The van der Waals surface area contributed by atoms with Crippen LogP contribution in [0.1, 0.15) is 43.7 Å². The molecule has 1 fully saturated rings. The molecule has 0 saturated carbocycles. The Bertz CT molecular complexity index is 720. The van der Waals surface area contributed by atoms with Crippen molar-refractivity contribution < 1.29 is 18.4 Å². The minimum Gasteiger partial charge on any atom is -0.472 e. The normalized spacial score (nSPS) is 19.6. The topological polar surface area (TPSA) is 52.6 Å². The van der Waals surface area contributed by atoms with Crippen molar-refractivity contribution in [2.45, 2.75) is 51.6 Å². The van der Waals surface area contributed by atoms with Crippen LogP contribution in [0.15, 0.2) is 69.3 Å². The second-order valence-corrected chi connectivity index (χ2v) is 6.55.